The topological polar surface area (TPSA) is 162 Å². The number of ether oxygens (including phenoxy) is 1. The third-order valence-electron chi connectivity index (χ3n) is 4.56. The first-order chi connectivity index (χ1) is 13.1. The molecule has 1 aromatic heterocycles. The fourth-order valence-corrected chi connectivity index (χ4v) is 3.15. The molecule has 1 aliphatic heterocycles. The molecule has 0 bridgehead atoms. The normalized spacial score (nSPS) is 19.8. The van der Waals surface area contributed by atoms with Gasteiger partial charge in [-0.2, -0.15) is 5.26 Å². The summed E-state index contributed by atoms with van der Waals surface area (Å²) in [5, 5.41) is 42.4. The molecular formula is C17H14N4O7. The first-order valence-electron chi connectivity index (χ1n) is 8.03. The van der Waals surface area contributed by atoms with Gasteiger partial charge < -0.3 is 9.84 Å². The molecule has 2 aromatic rings. The zero-order valence-corrected chi connectivity index (χ0v) is 14.7. The van der Waals surface area contributed by atoms with Gasteiger partial charge in [0.1, 0.15) is 23.5 Å². The SMILES string of the molecule is CC1(C)Oc2ccc(C#N)cc2C(n2cc([N+](=O)[O-])cc([N+](=O)[O-])c2=O)C1O. The van der Waals surface area contributed by atoms with E-state index in [4.69, 9.17) is 10.00 Å². The number of pyridine rings is 1. The van der Waals surface area contributed by atoms with Crippen LogP contribution >= 0.6 is 0 Å². The Labute approximate surface area is 157 Å². The fourth-order valence-electron chi connectivity index (χ4n) is 3.15. The number of hydrogen-bond donors (Lipinski definition) is 1. The molecule has 144 valence electrons. The Kier molecular flexibility index (Phi) is 4.36. The molecule has 11 heteroatoms. The van der Waals surface area contributed by atoms with E-state index in [1.165, 1.54) is 18.2 Å². The fraction of sp³-hybridized carbons (Fsp3) is 0.294. The van der Waals surface area contributed by atoms with Crippen LogP contribution in [0.5, 0.6) is 5.75 Å². The minimum atomic E-state index is -1.40. The first-order valence-corrected chi connectivity index (χ1v) is 8.03. The van der Waals surface area contributed by atoms with E-state index in [1.54, 1.807) is 13.8 Å². The lowest BCUT2D eigenvalue weighted by Gasteiger charge is -2.42. The molecule has 0 aliphatic carbocycles. The number of nitro groups is 2. The predicted octanol–water partition coefficient (Wildman–Crippen LogP) is 1.66. The van der Waals surface area contributed by atoms with Crippen molar-refractivity contribution in [1.82, 2.24) is 4.57 Å². The number of aromatic nitrogens is 1. The number of benzene rings is 1. The zero-order valence-electron chi connectivity index (χ0n) is 14.7. The maximum absolute atomic E-state index is 12.7. The van der Waals surface area contributed by atoms with Crippen LogP contribution in [0.25, 0.3) is 0 Å². The van der Waals surface area contributed by atoms with Crippen LogP contribution in [0.3, 0.4) is 0 Å². The van der Waals surface area contributed by atoms with Crippen molar-refractivity contribution in [2.24, 2.45) is 0 Å². The van der Waals surface area contributed by atoms with E-state index >= 15 is 0 Å². The van der Waals surface area contributed by atoms with Crippen molar-refractivity contribution < 1.29 is 19.7 Å². The number of rotatable bonds is 3. The molecule has 0 amide bonds. The molecule has 28 heavy (non-hydrogen) atoms. The van der Waals surface area contributed by atoms with Gasteiger partial charge in [0, 0.05) is 5.56 Å². The molecule has 2 unspecified atom stereocenters. The van der Waals surface area contributed by atoms with Crippen LogP contribution in [0.1, 0.15) is 31.0 Å². The Hall–Kier alpha value is -3.78. The van der Waals surface area contributed by atoms with Gasteiger partial charge in [-0.05, 0) is 32.0 Å². The van der Waals surface area contributed by atoms with Crippen molar-refractivity contribution in [3.8, 4) is 11.8 Å². The largest absolute Gasteiger partial charge is 0.485 e. The van der Waals surface area contributed by atoms with Crippen molar-refractivity contribution in [2.45, 2.75) is 31.6 Å². The minimum absolute atomic E-state index is 0.201. The molecule has 1 aromatic carbocycles. The standard InChI is InChI=1S/C17H14N4O7/c1-17(2)15(22)14(11-5-9(7-18)3-4-13(11)28-17)19-8-10(20(24)25)6-12(16(19)23)21(26)27/h3-6,8,14-15,22H,1-2H3. The highest BCUT2D eigenvalue weighted by Gasteiger charge is 2.45. The van der Waals surface area contributed by atoms with Gasteiger partial charge >= 0.3 is 11.2 Å². The van der Waals surface area contributed by atoms with Gasteiger partial charge in [-0.25, -0.2) is 0 Å². The number of aliphatic hydroxyl groups is 1. The van der Waals surface area contributed by atoms with Crippen LogP contribution in [0.4, 0.5) is 11.4 Å². The molecule has 11 nitrogen and oxygen atoms in total. The van der Waals surface area contributed by atoms with Gasteiger partial charge in [0.05, 0.1) is 33.7 Å². The van der Waals surface area contributed by atoms with Gasteiger partial charge in [-0.15, -0.1) is 0 Å². The summed E-state index contributed by atoms with van der Waals surface area (Å²) in [5.41, 5.74) is -3.60. The van der Waals surface area contributed by atoms with Gasteiger partial charge in [0.15, 0.2) is 0 Å². The smallest absolute Gasteiger partial charge is 0.340 e. The molecule has 0 saturated carbocycles. The minimum Gasteiger partial charge on any atom is -0.485 e. The summed E-state index contributed by atoms with van der Waals surface area (Å²) in [6, 6.07) is 5.57. The summed E-state index contributed by atoms with van der Waals surface area (Å²) >= 11 is 0. The van der Waals surface area contributed by atoms with Crippen LogP contribution in [0.2, 0.25) is 0 Å². The Morgan fingerprint density at radius 1 is 1.25 bits per heavy atom. The molecule has 1 aliphatic rings. The lowest BCUT2D eigenvalue weighted by molar-refractivity contribution is -0.395. The maximum Gasteiger partial charge on any atom is 0.340 e. The van der Waals surface area contributed by atoms with Crippen molar-refractivity contribution in [3.05, 3.63) is 72.2 Å². The molecule has 1 N–H and O–H groups in total. The second-order valence-electron chi connectivity index (χ2n) is 6.77. The van der Waals surface area contributed by atoms with E-state index in [-0.39, 0.29) is 16.9 Å². The summed E-state index contributed by atoms with van der Waals surface area (Å²) in [6.45, 7) is 3.09. The van der Waals surface area contributed by atoms with E-state index in [9.17, 15) is 30.1 Å². The quantitative estimate of drug-likeness (QED) is 0.615. The first kappa shape index (κ1) is 19.0. The average Bonchev–Trinajstić information content (AvgIpc) is 2.62. The van der Waals surface area contributed by atoms with Gasteiger partial charge in [-0.3, -0.25) is 29.6 Å². The molecule has 0 fully saturated rings. The van der Waals surface area contributed by atoms with E-state index in [0.29, 0.717) is 6.07 Å². The number of nitrogens with zero attached hydrogens (tertiary/aromatic N) is 4. The molecule has 0 radical (unpaired) electrons. The molecule has 0 spiro atoms. The highest BCUT2D eigenvalue weighted by atomic mass is 16.6. The summed E-state index contributed by atoms with van der Waals surface area (Å²) < 4.78 is 6.49. The highest BCUT2D eigenvalue weighted by molar-refractivity contribution is 5.48. The molecule has 2 atom stereocenters. The average molecular weight is 386 g/mol. The van der Waals surface area contributed by atoms with E-state index in [1.807, 2.05) is 6.07 Å². The molecule has 0 saturated heterocycles. The van der Waals surface area contributed by atoms with Crippen molar-refractivity contribution in [1.29, 1.82) is 5.26 Å². The van der Waals surface area contributed by atoms with E-state index < -0.39 is 44.5 Å². The number of aliphatic hydroxyl groups excluding tert-OH is 1. The summed E-state index contributed by atoms with van der Waals surface area (Å²) in [5.74, 6) is 0.250. The lowest BCUT2D eigenvalue weighted by atomic mass is 9.85. The van der Waals surface area contributed by atoms with Crippen LogP contribution in [-0.4, -0.2) is 31.2 Å². The summed E-state index contributed by atoms with van der Waals surface area (Å²) in [6.07, 6.45) is -0.554. The van der Waals surface area contributed by atoms with Gasteiger partial charge in [0.25, 0.3) is 5.69 Å². The Bertz CT molecular complexity index is 1100. The van der Waals surface area contributed by atoms with Crippen LogP contribution in [0.15, 0.2) is 35.3 Å². The second-order valence-corrected chi connectivity index (χ2v) is 6.77. The molecule has 2 heterocycles. The Morgan fingerprint density at radius 2 is 1.93 bits per heavy atom. The summed E-state index contributed by atoms with van der Waals surface area (Å²) in [7, 11) is 0. The summed E-state index contributed by atoms with van der Waals surface area (Å²) in [4.78, 5) is 33.2. The van der Waals surface area contributed by atoms with E-state index in [2.05, 4.69) is 0 Å². The number of hydrogen-bond acceptors (Lipinski definition) is 8. The number of nitriles is 1. The van der Waals surface area contributed by atoms with Crippen LogP contribution in [-0.2, 0) is 0 Å². The van der Waals surface area contributed by atoms with Crippen molar-refractivity contribution in [2.75, 3.05) is 0 Å². The maximum atomic E-state index is 12.7. The van der Waals surface area contributed by atoms with Crippen molar-refractivity contribution >= 4 is 11.4 Å². The Morgan fingerprint density at radius 3 is 2.50 bits per heavy atom. The van der Waals surface area contributed by atoms with Crippen LogP contribution < -0.4 is 10.3 Å². The predicted molar refractivity (Wildman–Crippen MR) is 94.0 cm³/mol. The van der Waals surface area contributed by atoms with E-state index in [0.717, 1.165) is 10.8 Å². The Balaban J connectivity index is 2.37. The zero-order chi connectivity index (χ0) is 20.8. The lowest BCUT2D eigenvalue weighted by Crippen LogP contribution is -2.52. The van der Waals surface area contributed by atoms with Crippen LogP contribution in [0, 0.1) is 31.6 Å². The number of fused-ring (bicyclic) bond motifs is 1. The van der Waals surface area contributed by atoms with Gasteiger partial charge in [0.2, 0.25) is 0 Å². The van der Waals surface area contributed by atoms with Crippen molar-refractivity contribution in [3.63, 3.8) is 0 Å². The highest BCUT2D eigenvalue weighted by Crippen LogP contribution is 2.42. The third-order valence-corrected chi connectivity index (χ3v) is 4.56. The molecule has 3 rings (SSSR count). The monoisotopic (exact) mass is 386 g/mol. The third kappa shape index (κ3) is 2.95. The molecular weight excluding hydrogens is 372 g/mol. The van der Waals surface area contributed by atoms with Gasteiger partial charge in [-0.1, -0.05) is 0 Å². The second kappa shape index (κ2) is 6.43.